The molecule has 2 fully saturated rings. The highest BCUT2D eigenvalue weighted by molar-refractivity contribution is 6.30. The Morgan fingerprint density at radius 1 is 1.31 bits per heavy atom. The monoisotopic (exact) mass is 377 g/mol. The summed E-state index contributed by atoms with van der Waals surface area (Å²) in [4.78, 5) is 29.2. The molecule has 0 bridgehead atoms. The van der Waals surface area contributed by atoms with Gasteiger partial charge in [0.15, 0.2) is 0 Å². The van der Waals surface area contributed by atoms with Gasteiger partial charge in [0.05, 0.1) is 12.0 Å². The Morgan fingerprint density at radius 3 is 2.69 bits per heavy atom. The van der Waals surface area contributed by atoms with E-state index in [0.29, 0.717) is 10.9 Å². The van der Waals surface area contributed by atoms with E-state index in [-0.39, 0.29) is 30.2 Å². The highest BCUT2D eigenvalue weighted by Gasteiger charge is 2.44. The van der Waals surface area contributed by atoms with Crippen LogP contribution in [0.4, 0.5) is 0 Å². The third-order valence-electron chi connectivity index (χ3n) is 5.70. The fraction of sp³-hybridized carbons (Fsp3) is 0.600. The summed E-state index contributed by atoms with van der Waals surface area (Å²) < 4.78 is 0. The zero-order valence-electron chi connectivity index (χ0n) is 15.6. The van der Waals surface area contributed by atoms with Gasteiger partial charge in [0.2, 0.25) is 11.8 Å². The molecule has 1 aromatic carbocycles. The molecule has 2 heterocycles. The van der Waals surface area contributed by atoms with Gasteiger partial charge in [-0.2, -0.15) is 0 Å². The molecule has 2 unspecified atom stereocenters. The van der Waals surface area contributed by atoms with Gasteiger partial charge in [-0.15, -0.1) is 0 Å². The maximum atomic E-state index is 13.2. The highest BCUT2D eigenvalue weighted by Crippen LogP contribution is 2.39. The van der Waals surface area contributed by atoms with Crippen LogP contribution in [0, 0.1) is 11.8 Å². The highest BCUT2D eigenvalue weighted by atomic mass is 35.5. The predicted octanol–water partition coefficient (Wildman–Crippen LogP) is 2.71. The van der Waals surface area contributed by atoms with Crippen LogP contribution < -0.4 is 5.32 Å². The largest absolute Gasteiger partial charge is 0.342 e. The first kappa shape index (κ1) is 19.2. The predicted molar refractivity (Wildman–Crippen MR) is 103 cm³/mol. The van der Waals surface area contributed by atoms with Crippen LogP contribution in [0.1, 0.15) is 37.8 Å². The van der Waals surface area contributed by atoms with Gasteiger partial charge in [0, 0.05) is 31.6 Å². The molecular formula is C20H28ClN3O2. The Kier molecular flexibility index (Phi) is 6.20. The van der Waals surface area contributed by atoms with E-state index in [1.807, 2.05) is 29.2 Å². The van der Waals surface area contributed by atoms with Crippen LogP contribution in [0.15, 0.2) is 24.3 Å². The van der Waals surface area contributed by atoms with E-state index in [4.69, 9.17) is 11.6 Å². The Bertz CT molecular complexity index is 658. The Balaban J connectivity index is 1.70. The van der Waals surface area contributed by atoms with Crippen molar-refractivity contribution in [3.8, 4) is 0 Å². The average Bonchev–Trinajstić information content (AvgIpc) is 2.94. The zero-order valence-corrected chi connectivity index (χ0v) is 16.3. The number of hydrogen-bond donors (Lipinski definition) is 1. The van der Waals surface area contributed by atoms with Gasteiger partial charge >= 0.3 is 0 Å². The minimum absolute atomic E-state index is 0.0235. The molecule has 2 atom stereocenters. The fourth-order valence-electron chi connectivity index (χ4n) is 4.18. The van der Waals surface area contributed by atoms with Crippen molar-refractivity contribution in [2.24, 2.45) is 11.8 Å². The van der Waals surface area contributed by atoms with Crippen molar-refractivity contribution in [1.82, 2.24) is 15.1 Å². The average molecular weight is 378 g/mol. The lowest BCUT2D eigenvalue weighted by Gasteiger charge is -2.35. The summed E-state index contributed by atoms with van der Waals surface area (Å²) in [6.45, 7) is 5.69. The molecule has 2 amide bonds. The van der Waals surface area contributed by atoms with Crippen molar-refractivity contribution < 1.29 is 9.59 Å². The molecule has 2 aliphatic heterocycles. The lowest BCUT2D eigenvalue weighted by atomic mass is 9.90. The molecule has 3 rings (SSSR count). The first-order chi connectivity index (χ1) is 12.5. The number of nitrogens with one attached hydrogen (secondary N) is 1. The summed E-state index contributed by atoms with van der Waals surface area (Å²) in [5.41, 5.74) is 0.936. The number of benzene rings is 1. The van der Waals surface area contributed by atoms with E-state index in [0.717, 1.165) is 44.6 Å². The summed E-state index contributed by atoms with van der Waals surface area (Å²) in [6, 6.07) is 7.28. The van der Waals surface area contributed by atoms with Crippen molar-refractivity contribution in [3.05, 3.63) is 34.9 Å². The van der Waals surface area contributed by atoms with E-state index in [1.165, 1.54) is 0 Å². The Hall–Kier alpha value is -1.59. The summed E-state index contributed by atoms with van der Waals surface area (Å²) in [5.74, 6) is 0.442. The SMILES string of the molecule is CCNCC1CCN(C(=O)C2CC(=O)N(C)C2c2cccc(Cl)c2)CC1. The standard InChI is InChI=1S/C20H28ClN3O2/c1-3-22-13-14-7-9-24(10-8-14)20(26)17-12-18(25)23(2)19(17)15-5-4-6-16(21)11-15/h4-6,11,14,17,19,22H,3,7-10,12-13H2,1-2H3. The molecule has 26 heavy (non-hydrogen) atoms. The number of halogens is 1. The van der Waals surface area contributed by atoms with Crippen molar-refractivity contribution >= 4 is 23.4 Å². The van der Waals surface area contributed by atoms with Gasteiger partial charge in [-0.1, -0.05) is 30.7 Å². The second-order valence-corrected chi connectivity index (χ2v) is 7.83. The number of carbonyl (C=O) groups is 2. The van der Waals surface area contributed by atoms with E-state index in [9.17, 15) is 9.59 Å². The van der Waals surface area contributed by atoms with Crippen LogP contribution in [-0.2, 0) is 9.59 Å². The fourth-order valence-corrected chi connectivity index (χ4v) is 4.38. The maximum absolute atomic E-state index is 13.2. The number of nitrogens with zero attached hydrogens (tertiary/aromatic N) is 2. The quantitative estimate of drug-likeness (QED) is 0.858. The molecule has 2 saturated heterocycles. The molecule has 142 valence electrons. The van der Waals surface area contributed by atoms with Gasteiger partial charge < -0.3 is 15.1 Å². The molecule has 5 nitrogen and oxygen atoms in total. The van der Waals surface area contributed by atoms with E-state index < -0.39 is 0 Å². The van der Waals surface area contributed by atoms with Crippen molar-refractivity contribution in [2.75, 3.05) is 33.2 Å². The molecule has 0 aromatic heterocycles. The van der Waals surface area contributed by atoms with Gasteiger partial charge in [0.25, 0.3) is 0 Å². The minimum Gasteiger partial charge on any atom is -0.342 e. The third kappa shape index (κ3) is 4.04. The van der Waals surface area contributed by atoms with Crippen molar-refractivity contribution in [3.63, 3.8) is 0 Å². The molecule has 2 aliphatic rings. The molecule has 0 saturated carbocycles. The van der Waals surface area contributed by atoms with Crippen LogP contribution in [-0.4, -0.2) is 54.8 Å². The lowest BCUT2D eigenvalue weighted by molar-refractivity contribution is -0.138. The Morgan fingerprint density at radius 2 is 2.04 bits per heavy atom. The van der Waals surface area contributed by atoms with Crippen molar-refractivity contribution in [2.45, 2.75) is 32.2 Å². The maximum Gasteiger partial charge on any atom is 0.228 e. The van der Waals surface area contributed by atoms with Crippen LogP contribution in [0.5, 0.6) is 0 Å². The van der Waals surface area contributed by atoms with Crippen molar-refractivity contribution in [1.29, 1.82) is 0 Å². The third-order valence-corrected chi connectivity index (χ3v) is 5.94. The van der Waals surface area contributed by atoms with Crippen LogP contribution in [0.2, 0.25) is 5.02 Å². The number of hydrogen-bond acceptors (Lipinski definition) is 3. The summed E-state index contributed by atoms with van der Waals surface area (Å²) >= 11 is 6.14. The second kappa shape index (κ2) is 8.40. The van der Waals surface area contributed by atoms with E-state index in [1.54, 1.807) is 11.9 Å². The van der Waals surface area contributed by atoms with E-state index >= 15 is 0 Å². The summed E-state index contributed by atoms with van der Waals surface area (Å²) in [6.07, 6.45) is 2.33. The van der Waals surface area contributed by atoms with Crippen LogP contribution >= 0.6 is 11.6 Å². The molecule has 0 radical (unpaired) electrons. The smallest absolute Gasteiger partial charge is 0.228 e. The second-order valence-electron chi connectivity index (χ2n) is 7.39. The van der Waals surface area contributed by atoms with Crippen LogP contribution in [0.25, 0.3) is 0 Å². The van der Waals surface area contributed by atoms with Gasteiger partial charge in [-0.3, -0.25) is 9.59 Å². The first-order valence-electron chi connectivity index (χ1n) is 9.52. The molecule has 1 aromatic rings. The zero-order chi connectivity index (χ0) is 18.7. The topological polar surface area (TPSA) is 52.7 Å². The van der Waals surface area contributed by atoms with Gasteiger partial charge in [0.1, 0.15) is 0 Å². The van der Waals surface area contributed by atoms with Gasteiger partial charge in [-0.25, -0.2) is 0 Å². The van der Waals surface area contributed by atoms with E-state index in [2.05, 4.69) is 12.2 Å². The number of likely N-dealkylation sites (tertiary alicyclic amines) is 2. The lowest BCUT2D eigenvalue weighted by Crippen LogP contribution is -2.44. The number of carbonyl (C=O) groups excluding carboxylic acids is 2. The molecule has 6 heteroatoms. The first-order valence-corrected chi connectivity index (χ1v) is 9.89. The number of amides is 2. The molecule has 1 N–H and O–H groups in total. The minimum atomic E-state index is -0.323. The summed E-state index contributed by atoms with van der Waals surface area (Å²) in [5, 5.41) is 4.03. The summed E-state index contributed by atoms with van der Waals surface area (Å²) in [7, 11) is 1.78. The Labute approximate surface area is 160 Å². The molecule has 0 aliphatic carbocycles. The normalized spacial score (nSPS) is 24.3. The number of piperidine rings is 1. The van der Waals surface area contributed by atoms with Crippen LogP contribution in [0.3, 0.4) is 0 Å². The van der Waals surface area contributed by atoms with Gasteiger partial charge in [-0.05, 0) is 49.5 Å². The number of rotatable bonds is 5. The molecular weight excluding hydrogens is 350 g/mol. The molecule has 0 spiro atoms.